The number of carbonyl (C=O) groups excluding carboxylic acids is 2. The second kappa shape index (κ2) is 8.45. The van der Waals surface area contributed by atoms with E-state index in [0.29, 0.717) is 31.7 Å². The molecule has 2 atom stereocenters. The van der Waals surface area contributed by atoms with Gasteiger partial charge in [0, 0.05) is 6.54 Å². The smallest absolute Gasteiger partial charge is 0.316 e. The first-order valence-corrected chi connectivity index (χ1v) is 9.71. The Hall–Kier alpha value is -3.19. The Bertz CT molecular complexity index is 901. The molecular formula is C22H23N3O4. The summed E-state index contributed by atoms with van der Waals surface area (Å²) in [5.41, 5.74) is 2.47. The highest BCUT2D eigenvalue weighted by atomic mass is 16.7. The second-order valence-electron chi connectivity index (χ2n) is 7.22. The summed E-state index contributed by atoms with van der Waals surface area (Å²) in [5.74, 6) is -0.517. The molecule has 4 rings (SSSR count). The van der Waals surface area contributed by atoms with Crippen LogP contribution < -0.4 is 0 Å². The molecule has 2 amide bonds. The molecule has 0 spiro atoms. The Labute approximate surface area is 169 Å². The zero-order chi connectivity index (χ0) is 20.2. The fraction of sp³-hybridized carbons (Fsp3) is 0.318. The first-order valence-electron chi connectivity index (χ1n) is 9.71. The number of amides is 2. The fourth-order valence-corrected chi connectivity index (χ4v) is 3.67. The van der Waals surface area contributed by atoms with E-state index in [9.17, 15) is 9.59 Å². The monoisotopic (exact) mass is 393 g/mol. The summed E-state index contributed by atoms with van der Waals surface area (Å²) < 4.78 is 0. The minimum absolute atomic E-state index is 0.0511. The summed E-state index contributed by atoms with van der Waals surface area (Å²) in [6, 6.07) is 18.2. The van der Waals surface area contributed by atoms with Crippen molar-refractivity contribution >= 4 is 17.7 Å². The second-order valence-corrected chi connectivity index (χ2v) is 7.22. The highest BCUT2D eigenvalue weighted by molar-refractivity contribution is 5.98. The first-order chi connectivity index (χ1) is 14.1. The lowest BCUT2D eigenvalue weighted by Gasteiger charge is -2.27. The molecule has 29 heavy (non-hydrogen) atoms. The maximum atomic E-state index is 12.8. The van der Waals surface area contributed by atoms with Crippen molar-refractivity contribution in [3.05, 3.63) is 71.8 Å². The van der Waals surface area contributed by atoms with E-state index in [0.717, 1.165) is 11.1 Å². The number of hydrogen-bond acceptors (Lipinski definition) is 5. The summed E-state index contributed by atoms with van der Waals surface area (Å²) in [5, 5.41) is 5.36. The lowest BCUT2D eigenvalue weighted by atomic mass is 10.0. The maximum absolute atomic E-state index is 12.8. The van der Waals surface area contributed by atoms with Crippen molar-refractivity contribution in [2.24, 2.45) is 5.16 Å². The van der Waals surface area contributed by atoms with E-state index in [2.05, 4.69) is 5.16 Å². The van der Waals surface area contributed by atoms with E-state index in [-0.39, 0.29) is 12.1 Å². The molecule has 2 aromatic rings. The van der Waals surface area contributed by atoms with Gasteiger partial charge in [0.05, 0.1) is 11.8 Å². The highest BCUT2D eigenvalue weighted by Gasteiger charge is 2.48. The predicted molar refractivity (Wildman–Crippen MR) is 107 cm³/mol. The van der Waals surface area contributed by atoms with Gasteiger partial charge in [0.1, 0.15) is 12.6 Å². The van der Waals surface area contributed by atoms with E-state index in [4.69, 9.17) is 9.68 Å². The van der Waals surface area contributed by atoms with Crippen molar-refractivity contribution in [3.63, 3.8) is 0 Å². The molecule has 0 saturated carbocycles. The van der Waals surface area contributed by atoms with Crippen LogP contribution in [-0.4, -0.2) is 46.3 Å². The van der Waals surface area contributed by atoms with E-state index in [1.807, 2.05) is 60.7 Å². The van der Waals surface area contributed by atoms with Crippen molar-refractivity contribution in [3.8, 4) is 0 Å². The predicted octanol–water partition coefficient (Wildman–Crippen LogP) is 3.35. The lowest BCUT2D eigenvalue weighted by molar-refractivity contribution is -0.149. The van der Waals surface area contributed by atoms with Gasteiger partial charge in [-0.1, -0.05) is 65.8 Å². The van der Waals surface area contributed by atoms with Gasteiger partial charge in [0.25, 0.3) is 0 Å². The van der Waals surface area contributed by atoms with Gasteiger partial charge < -0.3 is 9.74 Å². The number of benzene rings is 2. The fourth-order valence-electron chi connectivity index (χ4n) is 3.67. The van der Waals surface area contributed by atoms with Crippen molar-refractivity contribution in [1.29, 1.82) is 0 Å². The van der Waals surface area contributed by atoms with Crippen LogP contribution in [0.5, 0.6) is 0 Å². The Balaban J connectivity index is 1.37. The van der Waals surface area contributed by atoms with E-state index < -0.39 is 12.0 Å². The number of hydroxylamine groups is 2. The highest BCUT2D eigenvalue weighted by Crippen LogP contribution is 2.31. The number of carbonyl (C=O) groups is 2. The van der Waals surface area contributed by atoms with Crippen LogP contribution >= 0.6 is 0 Å². The number of oxime groups is 1. The van der Waals surface area contributed by atoms with Gasteiger partial charge in [-0.2, -0.15) is 5.06 Å². The molecule has 0 unspecified atom stereocenters. The quantitative estimate of drug-likeness (QED) is 0.429. The molecule has 2 aromatic carbocycles. The van der Waals surface area contributed by atoms with Gasteiger partial charge in [0.15, 0.2) is 0 Å². The Morgan fingerprint density at radius 3 is 2.48 bits per heavy atom. The van der Waals surface area contributed by atoms with Crippen LogP contribution in [0.3, 0.4) is 0 Å². The van der Waals surface area contributed by atoms with E-state index in [1.165, 1.54) is 9.96 Å². The van der Waals surface area contributed by atoms with Gasteiger partial charge in [0.2, 0.25) is 0 Å². The third kappa shape index (κ3) is 4.14. The molecular weight excluding hydrogens is 370 g/mol. The number of rotatable bonds is 6. The average molecular weight is 393 g/mol. The van der Waals surface area contributed by atoms with Gasteiger partial charge >= 0.3 is 12.0 Å². The molecule has 0 aromatic heterocycles. The van der Waals surface area contributed by atoms with Gasteiger partial charge in [-0.3, -0.25) is 4.84 Å². The van der Waals surface area contributed by atoms with Crippen molar-refractivity contribution in [2.45, 2.75) is 38.5 Å². The minimum Gasteiger partial charge on any atom is -0.316 e. The molecule has 150 valence electrons. The van der Waals surface area contributed by atoms with Crippen LogP contribution in [0.25, 0.3) is 0 Å². The van der Waals surface area contributed by atoms with Crippen LogP contribution in [0.4, 0.5) is 4.79 Å². The summed E-state index contributed by atoms with van der Waals surface area (Å²) in [7, 11) is 0. The number of urea groups is 1. The summed E-state index contributed by atoms with van der Waals surface area (Å²) >= 11 is 0. The number of hydrogen-bond donors (Lipinski definition) is 0. The van der Waals surface area contributed by atoms with Gasteiger partial charge in [-0.25, -0.2) is 9.59 Å². The molecule has 7 nitrogen and oxygen atoms in total. The SMILES string of the molecule is CC(=NOC(=O)[C@@H]1CC[C@@H]2CN1C(=O)N2OCc1ccccc1)c1ccccc1. The zero-order valence-electron chi connectivity index (χ0n) is 16.2. The zero-order valence-corrected chi connectivity index (χ0v) is 16.2. The number of fused-ring (bicyclic) bond motifs is 2. The maximum Gasteiger partial charge on any atom is 0.357 e. The number of piperidine rings is 1. The minimum atomic E-state index is -0.642. The molecule has 2 heterocycles. The van der Waals surface area contributed by atoms with Gasteiger partial charge in [-0.15, -0.1) is 0 Å². The third-order valence-corrected chi connectivity index (χ3v) is 5.27. The Morgan fingerprint density at radius 2 is 1.76 bits per heavy atom. The molecule has 2 saturated heterocycles. The van der Waals surface area contributed by atoms with Crippen LogP contribution in [0.2, 0.25) is 0 Å². The van der Waals surface area contributed by atoms with Crippen LogP contribution in [0.1, 0.15) is 30.9 Å². The van der Waals surface area contributed by atoms with Crippen LogP contribution in [-0.2, 0) is 21.1 Å². The summed E-state index contributed by atoms with van der Waals surface area (Å²) in [6.45, 7) is 2.54. The summed E-state index contributed by atoms with van der Waals surface area (Å²) in [6.07, 6.45) is 1.21. The first kappa shape index (κ1) is 19.1. The lowest BCUT2D eigenvalue weighted by Crippen LogP contribution is -2.45. The third-order valence-electron chi connectivity index (χ3n) is 5.27. The van der Waals surface area contributed by atoms with Crippen molar-refractivity contribution < 1.29 is 19.3 Å². The molecule has 0 aliphatic carbocycles. The largest absolute Gasteiger partial charge is 0.357 e. The molecule has 2 aliphatic rings. The van der Waals surface area contributed by atoms with Crippen molar-refractivity contribution in [2.75, 3.05) is 6.54 Å². The van der Waals surface area contributed by atoms with Crippen LogP contribution in [0, 0.1) is 0 Å². The van der Waals surface area contributed by atoms with E-state index >= 15 is 0 Å². The molecule has 2 bridgehead atoms. The Kier molecular flexibility index (Phi) is 5.57. The normalized spacial score (nSPS) is 21.4. The van der Waals surface area contributed by atoms with Crippen LogP contribution in [0.15, 0.2) is 65.8 Å². The molecule has 2 aliphatic heterocycles. The van der Waals surface area contributed by atoms with Crippen molar-refractivity contribution in [1.82, 2.24) is 9.96 Å². The van der Waals surface area contributed by atoms with E-state index in [1.54, 1.807) is 6.92 Å². The van der Waals surface area contributed by atoms with Gasteiger partial charge in [-0.05, 0) is 30.9 Å². The topological polar surface area (TPSA) is 71.4 Å². The standard InChI is InChI=1S/C22H23N3O4/c1-16(18-10-6-3-7-11-18)23-29-21(26)20-13-12-19-14-24(20)22(27)25(19)28-15-17-8-4-2-5-9-17/h2-11,19-20H,12-15H2,1H3/t19-,20+/m1/s1. The Morgan fingerprint density at radius 1 is 1.07 bits per heavy atom. The molecule has 2 fully saturated rings. The number of nitrogens with zero attached hydrogens (tertiary/aromatic N) is 3. The molecule has 7 heteroatoms. The summed E-state index contributed by atoms with van der Waals surface area (Å²) in [4.78, 5) is 37.8. The average Bonchev–Trinajstić information content (AvgIpc) is 3.01. The molecule has 0 radical (unpaired) electrons. The molecule has 0 N–H and O–H groups in total.